The molecule has 2 aromatic carbocycles. The van der Waals surface area contributed by atoms with Crippen LogP contribution in [0.2, 0.25) is 0 Å². The van der Waals surface area contributed by atoms with Crippen LogP contribution in [-0.4, -0.2) is 6.54 Å². The van der Waals surface area contributed by atoms with Gasteiger partial charge < -0.3 is 5.32 Å². The molecular formula is C18H22BrN. The SMILES string of the molecule is CCNC(c1ccc(C(C)C)cc1)c1ccccc1Br. The molecule has 0 bridgehead atoms. The largest absolute Gasteiger partial charge is 0.306 e. The molecule has 2 aromatic rings. The monoisotopic (exact) mass is 331 g/mol. The van der Waals surface area contributed by atoms with Crippen molar-refractivity contribution < 1.29 is 0 Å². The van der Waals surface area contributed by atoms with E-state index in [-0.39, 0.29) is 6.04 Å². The van der Waals surface area contributed by atoms with E-state index >= 15 is 0 Å². The summed E-state index contributed by atoms with van der Waals surface area (Å²) in [5.74, 6) is 0.574. The summed E-state index contributed by atoms with van der Waals surface area (Å²) in [6, 6.07) is 17.6. The molecule has 0 saturated carbocycles. The molecule has 0 aliphatic rings. The number of hydrogen-bond acceptors (Lipinski definition) is 1. The molecule has 106 valence electrons. The van der Waals surface area contributed by atoms with Crippen LogP contribution in [0.5, 0.6) is 0 Å². The summed E-state index contributed by atoms with van der Waals surface area (Å²) in [7, 11) is 0. The summed E-state index contributed by atoms with van der Waals surface area (Å²) in [5, 5.41) is 3.57. The van der Waals surface area contributed by atoms with Gasteiger partial charge >= 0.3 is 0 Å². The highest BCUT2D eigenvalue weighted by Crippen LogP contribution is 2.29. The topological polar surface area (TPSA) is 12.0 Å². The molecule has 1 N–H and O–H groups in total. The van der Waals surface area contributed by atoms with Gasteiger partial charge in [0.2, 0.25) is 0 Å². The molecule has 1 atom stereocenters. The highest BCUT2D eigenvalue weighted by molar-refractivity contribution is 9.10. The zero-order chi connectivity index (χ0) is 14.5. The van der Waals surface area contributed by atoms with Crippen molar-refractivity contribution in [1.82, 2.24) is 5.32 Å². The Labute approximate surface area is 130 Å². The Morgan fingerprint density at radius 1 is 0.950 bits per heavy atom. The van der Waals surface area contributed by atoms with E-state index in [0.717, 1.165) is 11.0 Å². The van der Waals surface area contributed by atoms with Crippen LogP contribution in [0.4, 0.5) is 0 Å². The molecule has 0 aliphatic carbocycles. The molecule has 2 rings (SSSR count). The third-order valence-corrected chi connectivity index (χ3v) is 4.28. The molecule has 0 aliphatic heterocycles. The van der Waals surface area contributed by atoms with Gasteiger partial charge in [0.05, 0.1) is 6.04 Å². The van der Waals surface area contributed by atoms with Crippen LogP contribution in [0.25, 0.3) is 0 Å². The Morgan fingerprint density at radius 3 is 2.10 bits per heavy atom. The van der Waals surface area contributed by atoms with Gasteiger partial charge in [0, 0.05) is 4.47 Å². The van der Waals surface area contributed by atoms with E-state index in [2.05, 4.69) is 90.5 Å². The lowest BCUT2D eigenvalue weighted by molar-refractivity contribution is 0.628. The van der Waals surface area contributed by atoms with Gasteiger partial charge in [0.25, 0.3) is 0 Å². The van der Waals surface area contributed by atoms with Gasteiger partial charge in [-0.25, -0.2) is 0 Å². The molecule has 2 heteroatoms. The van der Waals surface area contributed by atoms with Gasteiger partial charge in [-0.15, -0.1) is 0 Å². The fourth-order valence-corrected chi connectivity index (χ4v) is 2.91. The van der Waals surface area contributed by atoms with E-state index in [1.54, 1.807) is 0 Å². The maximum atomic E-state index is 3.66. The van der Waals surface area contributed by atoms with E-state index < -0.39 is 0 Å². The molecule has 0 radical (unpaired) electrons. The smallest absolute Gasteiger partial charge is 0.0587 e. The van der Waals surface area contributed by atoms with Gasteiger partial charge in [0.1, 0.15) is 0 Å². The van der Waals surface area contributed by atoms with Crippen molar-refractivity contribution in [2.75, 3.05) is 6.54 Å². The standard InChI is InChI=1S/C18H22BrN/c1-4-20-18(16-7-5-6-8-17(16)19)15-11-9-14(10-12-15)13(2)3/h5-13,18,20H,4H2,1-3H3. The molecule has 20 heavy (non-hydrogen) atoms. The van der Waals surface area contributed by atoms with Gasteiger partial charge in [-0.2, -0.15) is 0 Å². The van der Waals surface area contributed by atoms with Crippen LogP contribution in [-0.2, 0) is 0 Å². The second-order valence-electron chi connectivity index (χ2n) is 5.33. The Hall–Kier alpha value is -1.12. The molecule has 0 heterocycles. The first-order valence-electron chi connectivity index (χ1n) is 7.21. The first kappa shape index (κ1) is 15.3. The number of benzene rings is 2. The van der Waals surface area contributed by atoms with Crippen LogP contribution in [0, 0.1) is 0 Å². The summed E-state index contributed by atoms with van der Waals surface area (Å²) >= 11 is 3.66. The van der Waals surface area contributed by atoms with E-state index in [4.69, 9.17) is 0 Å². The van der Waals surface area contributed by atoms with Crippen LogP contribution < -0.4 is 5.32 Å². The van der Waals surface area contributed by atoms with Crippen molar-refractivity contribution in [3.63, 3.8) is 0 Å². The van der Waals surface area contributed by atoms with E-state index in [1.807, 2.05) is 0 Å². The maximum absolute atomic E-state index is 3.66. The molecule has 0 amide bonds. The maximum Gasteiger partial charge on any atom is 0.0587 e. The molecule has 0 aromatic heterocycles. The zero-order valence-electron chi connectivity index (χ0n) is 12.4. The lowest BCUT2D eigenvalue weighted by Gasteiger charge is -2.21. The number of hydrogen-bond donors (Lipinski definition) is 1. The first-order chi connectivity index (χ1) is 9.63. The van der Waals surface area contributed by atoms with E-state index in [9.17, 15) is 0 Å². The fraction of sp³-hybridized carbons (Fsp3) is 0.333. The highest BCUT2D eigenvalue weighted by Gasteiger charge is 2.15. The quantitative estimate of drug-likeness (QED) is 0.786. The van der Waals surface area contributed by atoms with Crippen molar-refractivity contribution in [2.24, 2.45) is 0 Å². The lowest BCUT2D eigenvalue weighted by atomic mass is 9.95. The number of nitrogens with one attached hydrogen (secondary N) is 1. The Balaban J connectivity index is 2.36. The summed E-state index contributed by atoms with van der Waals surface area (Å²) in [6.45, 7) is 7.54. The van der Waals surface area contributed by atoms with E-state index in [0.29, 0.717) is 5.92 Å². The van der Waals surface area contributed by atoms with Crippen LogP contribution >= 0.6 is 15.9 Å². The van der Waals surface area contributed by atoms with Gasteiger partial charge in [-0.3, -0.25) is 0 Å². The number of halogens is 1. The third-order valence-electron chi connectivity index (χ3n) is 3.56. The minimum Gasteiger partial charge on any atom is -0.306 e. The van der Waals surface area contributed by atoms with Crippen LogP contribution in [0.15, 0.2) is 53.0 Å². The average Bonchev–Trinajstić information content (AvgIpc) is 2.46. The average molecular weight is 332 g/mol. The second-order valence-corrected chi connectivity index (χ2v) is 6.19. The highest BCUT2D eigenvalue weighted by atomic mass is 79.9. The second kappa shape index (κ2) is 7.05. The fourth-order valence-electron chi connectivity index (χ4n) is 2.39. The predicted octanol–water partition coefficient (Wildman–Crippen LogP) is 5.27. The number of rotatable bonds is 5. The summed E-state index contributed by atoms with van der Waals surface area (Å²) in [5.41, 5.74) is 3.98. The molecule has 0 spiro atoms. The van der Waals surface area contributed by atoms with E-state index in [1.165, 1.54) is 16.7 Å². The molecule has 0 fully saturated rings. The molecular weight excluding hydrogens is 310 g/mol. The van der Waals surface area contributed by atoms with Gasteiger partial charge in [0.15, 0.2) is 0 Å². The Bertz CT molecular complexity index is 546. The summed E-state index contributed by atoms with van der Waals surface area (Å²) in [4.78, 5) is 0. The minimum atomic E-state index is 0.233. The molecule has 0 saturated heterocycles. The molecule has 1 unspecified atom stereocenters. The van der Waals surface area contributed by atoms with Crippen molar-refractivity contribution in [3.05, 3.63) is 69.7 Å². The summed E-state index contributed by atoms with van der Waals surface area (Å²) < 4.78 is 1.15. The first-order valence-corrected chi connectivity index (χ1v) is 8.00. The predicted molar refractivity (Wildman–Crippen MR) is 90.2 cm³/mol. The van der Waals surface area contributed by atoms with Crippen molar-refractivity contribution in [1.29, 1.82) is 0 Å². The van der Waals surface area contributed by atoms with Crippen LogP contribution in [0.1, 0.15) is 49.4 Å². The third kappa shape index (κ3) is 3.50. The van der Waals surface area contributed by atoms with Gasteiger partial charge in [-0.05, 0) is 35.2 Å². The van der Waals surface area contributed by atoms with Crippen molar-refractivity contribution in [3.8, 4) is 0 Å². The van der Waals surface area contributed by atoms with Crippen LogP contribution in [0.3, 0.4) is 0 Å². The van der Waals surface area contributed by atoms with Gasteiger partial charge in [-0.1, -0.05) is 79.2 Å². The normalized spacial score (nSPS) is 12.7. The van der Waals surface area contributed by atoms with Crippen molar-refractivity contribution >= 4 is 15.9 Å². The Morgan fingerprint density at radius 2 is 1.55 bits per heavy atom. The van der Waals surface area contributed by atoms with Crippen molar-refractivity contribution in [2.45, 2.75) is 32.7 Å². The zero-order valence-corrected chi connectivity index (χ0v) is 13.9. The Kier molecular flexibility index (Phi) is 5.38. The molecule has 1 nitrogen and oxygen atoms in total. The lowest BCUT2D eigenvalue weighted by Crippen LogP contribution is -2.22. The minimum absolute atomic E-state index is 0.233. The summed E-state index contributed by atoms with van der Waals surface area (Å²) in [6.07, 6.45) is 0.